The highest BCUT2D eigenvalue weighted by Gasteiger charge is 2.45. The van der Waals surface area contributed by atoms with Gasteiger partial charge in [0.15, 0.2) is 5.78 Å². The Morgan fingerprint density at radius 2 is 1.77 bits per heavy atom. The number of carbonyl (C=O) groups excluding carboxylic acids is 2. The predicted octanol–water partition coefficient (Wildman–Crippen LogP) is 2.80. The van der Waals surface area contributed by atoms with Crippen molar-refractivity contribution in [3.63, 3.8) is 0 Å². The van der Waals surface area contributed by atoms with Crippen LogP contribution in [-0.2, 0) is 19.1 Å². The van der Waals surface area contributed by atoms with Gasteiger partial charge in [0.1, 0.15) is 11.7 Å². The Balaban J connectivity index is 2.56. The number of benzene rings is 1. The van der Waals surface area contributed by atoms with Crippen molar-refractivity contribution >= 4 is 17.7 Å². The second-order valence-corrected chi connectivity index (χ2v) is 6.77. The van der Waals surface area contributed by atoms with E-state index in [1.54, 1.807) is 13.0 Å². The summed E-state index contributed by atoms with van der Waals surface area (Å²) >= 11 is 0. The molecule has 0 amide bonds. The Morgan fingerprint density at radius 3 is 2.31 bits per heavy atom. The number of carbonyl (C=O) groups is 3. The number of methoxy groups -OCH3 is 2. The molecule has 0 bridgehead atoms. The van der Waals surface area contributed by atoms with E-state index >= 15 is 0 Å². The molecule has 3 unspecified atom stereocenters. The van der Waals surface area contributed by atoms with Gasteiger partial charge in [-0.15, -0.1) is 0 Å². The Bertz CT molecular complexity index is 764. The van der Waals surface area contributed by atoms with E-state index in [0.717, 1.165) is 5.56 Å². The van der Waals surface area contributed by atoms with Crippen LogP contribution in [0.2, 0.25) is 0 Å². The SMILES string of the molecule is C=C1CC(C(=O)O)C(C(=O)C(C(=O)OC)c2c(C)cc(C)cc2OC)C1. The highest BCUT2D eigenvalue weighted by atomic mass is 16.5. The van der Waals surface area contributed by atoms with Gasteiger partial charge in [-0.25, -0.2) is 0 Å². The van der Waals surface area contributed by atoms with Crippen LogP contribution in [0.15, 0.2) is 24.3 Å². The van der Waals surface area contributed by atoms with Crippen LogP contribution in [-0.4, -0.2) is 37.0 Å². The van der Waals surface area contributed by atoms with Gasteiger partial charge >= 0.3 is 11.9 Å². The quantitative estimate of drug-likeness (QED) is 0.477. The minimum absolute atomic E-state index is 0.240. The van der Waals surface area contributed by atoms with E-state index < -0.39 is 35.5 Å². The molecule has 3 atom stereocenters. The number of hydrogen-bond donors (Lipinski definition) is 1. The fraction of sp³-hybridized carbons (Fsp3) is 0.450. The Kier molecular flexibility index (Phi) is 5.85. The largest absolute Gasteiger partial charge is 0.496 e. The molecule has 0 saturated heterocycles. The summed E-state index contributed by atoms with van der Waals surface area (Å²) in [5.41, 5.74) is 2.77. The van der Waals surface area contributed by atoms with E-state index in [4.69, 9.17) is 9.47 Å². The number of carboxylic acids is 1. The molecule has 1 aromatic rings. The molecule has 6 nitrogen and oxygen atoms in total. The molecule has 0 radical (unpaired) electrons. The molecule has 1 N–H and O–H groups in total. The maximum Gasteiger partial charge on any atom is 0.320 e. The number of ketones is 1. The lowest BCUT2D eigenvalue weighted by atomic mass is 9.80. The first-order valence-corrected chi connectivity index (χ1v) is 8.37. The van der Waals surface area contributed by atoms with Gasteiger partial charge in [-0.05, 0) is 43.9 Å². The third-order valence-electron chi connectivity index (χ3n) is 4.91. The van der Waals surface area contributed by atoms with Crippen LogP contribution in [0.4, 0.5) is 0 Å². The van der Waals surface area contributed by atoms with Gasteiger partial charge in [-0.3, -0.25) is 14.4 Å². The van der Waals surface area contributed by atoms with Crippen molar-refractivity contribution in [1.29, 1.82) is 0 Å². The van der Waals surface area contributed by atoms with Gasteiger partial charge in [0.05, 0.1) is 20.1 Å². The van der Waals surface area contributed by atoms with Crippen molar-refractivity contribution in [3.8, 4) is 5.75 Å². The number of aliphatic carboxylic acids is 1. The van der Waals surface area contributed by atoms with Crippen LogP contribution in [0.5, 0.6) is 5.75 Å². The zero-order chi connectivity index (χ0) is 19.6. The fourth-order valence-electron chi connectivity index (χ4n) is 3.73. The lowest BCUT2D eigenvalue weighted by molar-refractivity contribution is -0.151. The van der Waals surface area contributed by atoms with Crippen molar-refractivity contribution in [2.24, 2.45) is 11.8 Å². The molecule has 1 fully saturated rings. The average molecular weight is 360 g/mol. The van der Waals surface area contributed by atoms with E-state index in [2.05, 4.69) is 6.58 Å². The summed E-state index contributed by atoms with van der Waals surface area (Å²) in [6.45, 7) is 7.50. The normalized spacial score (nSPS) is 20.5. The fourth-order valence-corrected chi connectivity index (χ4v) is 3.73. The number of esters is 1. The van der Waals surface area contributed by atoms with Crippen LogP contribution >= 0.6 is 0 Å². The lowest BCUT2D eigenvalue weighted by Crippen LogP contribution is -2.34. The molecule has 1 aromatic carbocycles. The standard InChI is InChI=1S/C20H24O6/c1-10-6-12(3)16(15(9-10)25-4)17(20(24)26-5)18(21)13-7-11(2)8-14(13)19(22)23/h6,9,13-14,17H,2,7-8H2,1,3-5H3,(H,22,23). The monoisotopic (exact) mass is 360 g/mol. The molecular weight excluding hydrogens is 336 g/mol. The second-order valence-electron chi connectivity index (χ2n) is 6.77. The maximum atomic E-state index is 13.3. The number of allylic oxidation sites excluding steroid dienone is 1. The first-order valence-electron chi connectivity index (χ1n) is 8.37. The molecule has 1 saturated carbocycles. The van der Waals surface area contributed by atoms with Crippen LogP contribution in [0, 0.1) is 25.7 Å². The molecular formula is C20H24O6. The molecule has 140 valence electrons. The van der Waals surface area contributed by atoms with Gasteiger partial charge in [-0.2, -0.15) is 0 Å². The highest BCUT2D eigenvalue weighted by molar-refractivity contribution is 6.07. The lowest BCUT2D eigenvalue weighted by Gasteiger charge is -2.23. The van der Waals surface area contributed by atoms with Gasteiger partial charge in [0.25, 0.3) is 0 Å². The molecule has 1 aliphatic rings. The summed E-state index contributed by atoms with van der Waals surface area (Å²) in [5.74, 6) is -4.75. The summed E-state index contributed by atoms with van der Waals surface area (Å²) in [4.78, 5) is 37.3. The van der Waals surface area contributed by atoms with Crippen molar-refractivity contribution < 1.29 is 29.0 Å². The molecule has 0 spiro atoms. The average Bonchev–Trinajstić information content (AvgIpc) is 2.98. The van der Waals surface area contributed by atoms with E-state index in [1.165, 1.54) is 14.2 Å². The van der Waals surface area contributed by atoms with E-state index in [0.29, 0.717) is 22.4 Å². The third-order valence-corrected chi connectivity index (χ3v) is 4.91. The first-order chi connectivity index (χ1) is 12.2. The Labute approximate surface area is 152 Å². The Morgan fingerprint density at radius 1 is 1.15 bits per heavy atom. The molecule has 0 aliphatic heterocycles. The summed E-state index contributed by atoms with van der Waals surface area (Å²) in [6.07, 6.45) is 0.500. The minimum Gasteiger partial charge on any atom is -0.496 e. The zero-order valence-corrected chi connectivity index (χ0v) is 15.5. The van der Waals surface area contributed by atoms with Gasteiger partial charge in [-0.1, -0.05) is 18.2 Å². The van der Waals surface area contributed by atoms with Gasteiger partial charge < -0.3 is 14.6 Å². The van der Waals surface area contributed by atoms with E-state index in [-0.39, 0.29) is 12.8 Å². The van der Waals surface area contributed by atoms with Crippen molar-refractivity contribution in [3.05, 3.63) is 41.0 Å². The van der Waals surface area contributed by atoms with Gasteiger partial charge in [0.2, 0.25) is 0 Å². The molecule has 2 rings (SSSR count). The molecule has 0 aromatic heterocycles. The zero-order valence-electron chi connectivity index (χ0n) is 15.5. The van der Waals surface area contributed by atoms with Crippen LogP contribution in [0.3, 0.4) is 0 Å². The highest BCUT2D eigenvalue weighted by Crippen LogP contribution is 2.41. The summed E-state index contributed by atoms with van der Waals surface area (Å²) in [5, 5.41) is 9.46. The van der Waals surface area contributed by atoms with Crippen molar-refractivity contribution in [2.75, 3.05) is 14.2 Å². The molecule has 6 heteroatoms. The van der Waals surface area contributed by atoms with Crippen LogP contribution in [0.25, 0.3) is 0 Å². The number of carboxylic acid groups (broad SMARTS) is 1. The maximum absolute atomic E-state index is 13.3. The number of ether oxygens (including phenoxy) is 2. The number of hydrogen-bond acceptors (Lipinski definition) is 5. The molecule has 0 heterocycles. The van der Waals surface area contributed by atoms with Crippen molar-refractivity contribution in [1.82, 2.24) is 0 Å². The van der Waals surface area contributed by atoms with E-state index in [9.17, 15) is 19.5 Å². The number of aryl methyl sites for hydroxylation is 2. The topological polar surface area (TPSA) is 89.9 Å². The van der Waals surface area contributed by atoms with Crippen LogP contribution in [0.1, 0.15) is 35.4 Å². The number of Topliss-reactive ketones (excluding diaryl/α,β-unsaturated/α-hetero) is 1. The second kappa shape index (κ2) is 7.72. The molecule has 26 heavy (non-hydrogen) atoms. The van der Waals surface area contributed by atoms with Crippen LogP contribution < -0.4 is 4.74 Å². The Hall–Kier alpha value is -2.63. The summed E-state index contributed by atoms with van der Waals surface area (Å²) in [7, 11) is 2.68. The van der Waals surface area contributed by atoms with Crippen molar-refractivity contribution in [2.45, 2.75) is 32.6 Å². The predicted molar refractivity (Wildman–Crippen MR) is 95.2 cm³/mol. The summed E-state index contributed by atoms with van der Waals surface area (Å²) < 4.78 is 10.3. The third kappa shape index (κ3) is 3.64. The molecule has 1 aliphatic carbocycles. The smallest absolute Gasteiger partial charge is 0.320 e. The number of rotatable bonds is 6. The van der Waals surface area contributed by atoms with Gasteiger partial charge in [0, 0.05) is 11.5 Å². The first kappa shape index (κ1) is 19.7. The van der Waals surface area contributed by atoms with E-state index in [1.807, 2.05) is 13.0 Å². The minimum atomic E-state index is -1.23. The summed E-state index contributed by atoms with van der Waals surface area (Å²) in [6, 6.07) is 3.59.